The van der Waals surface area contributed by atoms with E-state index in [1.165, 1.54) is 10.4 Å². The average Bonchev–Trinajstić information content (AvgIpc) is 2.46. The van der Waals surface area contributed by atoms with E-state index in [1.807, 2.05) is 13.8 Å². The van der Waals surface area contributed by atoms with E-state index in [4.69, 9.17) is 5.73 Å². The van der Waals surface area contributed by atoms with Gasteiger partial charge in [0.2, 0.25) is 15.9 Å². The van der Waals surface area contributed by atoms with Crippen LogP contribution in [-0.2, 0) is 14.8 Å². The fraction of sp³-hybridized carbons (Fsp3) is 0.500. The zero-order valence-corrected chi connectivity index (χ0v) is 13.1. The lowest BCUT2D eigenvalue weighted by Crippen LogP contribution is -2.51. The number of nitrogens with zero attached hydrogens (tertiary/aromatic N) is 2. The number of piperazine rings is 1. The first-order valence-electron chi connectivity index (χ1n) is 6.97. The van der Waals surface area contributed by atoms with Crippen molar-refractivity contribution in [2.24, 2.45) is 5.92 Å². The Labute approximate surface area is 125 Å². The van der Waals surface area contributed by atoms with E-state index in [-0.39, 0.29) is 22.4 Å². The van der Waals surface area contributed by atoms with Crippen LogP contribution in [0, 0.1) is 5.92 Å². The summed E-state index contributed by atoms with van der Waals surface area (Å²) in [4.78, 5) is 13.8. The van der Waals surface area contributed by atoms with E-state index in [0.29, 0.717) is 26.2 Å². The molecule has 1 aliphatic rings. The summed E-state index contributed by atoms with van der Waals surface area (Å²) in [6, 6.07) is 6.44. The largest absolute Gasteiger partial charge is 0.398 e. The smallest absolute Gasteiger partial charge is 0.245 e. The Morgan fingerprint density at radius 1 is 1.14 bits per heavy atom. The van der Waals surface area contributed by atoms with E-state index >= 15 is 0 Å². The number of hydrogen-bond acceptors (Lipinski definition) is 4. The number of amides is 1. The van der Waals surface area contributed by atoms with Crippen molar-refractivity contribution in [1.82, 2.24) is 9.21 Å². The van der Waals surface area contributed by atoms with Crippen molar-refractivity contribution in [2.75, 3.05) is 31.9 Å². The highest BCUT2D eigenvalue weighted by Crippen LogP contribution is 2.23. The molecular weight excluding hydrogens is 290 g/mol. The summed E-state index contributed by atoms with van der Waals surface area (Å²) in [5.74, 6) is -0.0100. The standard InChI is InChI=1S/C14H21N3O3S/c1-11(2)14(18)16-7-9-17(10-8-16)21(19,20)13-6-4-3-5-12(13)15/h3-6,11H,7-10,15H2,1-2H3. The highest BCUT2D eigenvalue weighted by atomic mass is 32.2. The lowest BCUT2D eigenvalue weighted by molar-refractivity contribution is -0.135. The number of carbonyl (C=O) groups excluding carboxylic acids is 1. The van der Waals surface area contributed by atoms with Gasteiger partial charge in [-0.1, -0.05) is 26.0 Å². The number of nitrogen functional groups attached to an aromatic ring is 1. The van der Waals surface area contributed by atoms with Crippen molar-refractivity contribution in [3.8, 4) is 0 Å². The number of para-hydroxylation sites is 1. The van der Waals surface area contributed by atoms with E-state index in [1.54, 1.807) is 23.1 Å². The molecule has 1 heterocycles. The molecule has 1 amide bonds. The third kappa shape index (κ3) is 3.19. The van der Waals surface area contributed by atoms with Crippen LogP contribution in [0.3, 0.4) is 0 Å². The summed E-state index contributed by atoms with van der Waals surface area (Å²) in [6.07, 6.45) is 0. The van der Waals surface area contributed by atoms with Gasteiger partial charge < -0.3 is 10.6 Å². The summed E-state index contributed by atoms with van der Waals surface area (Å²) < 4.78 is 26.5. The Hall–Kier alpha value is -1.60. The summed E-state index contributed by atoms with van der Waals surface area (Å²) >= 11 is 0. The lowest BCUT2D eigenvalue weighted by Gasteiger charge is -2.35. The highest BCUT2D eigenvalue weighted by molar-refractivity contribution is 7.89. The molecule has 7 heteroatoms. The lowest BCUT2D eigenvalue weighted by atomic mass is 10.2. The molecule has 0 bridgehead atoms. The monoisotopic (exact) mass is 311 g/mol. The van der Waals surface area contributed by atoms with E-state index in [0.717, 1.165) is 0 Å². The zero-order valence-electron chi connectivity index (χ0n) is 12.3. The number of nitrogens with two attached hydrogens (primary N) is 1. The van der Waals surface area contributed by atoms with E-state index in [9.17, 15) is 13.2 Å². The van der Waals surface area contributed by atoms with Gasteiger partial charge in [-0.2, -0.15) is 4.31 Å². The number of rotatable bonds is 3. The van der Waals surface area contributed by atoms with Gasteiger partial charge in [0.15, 0.2) is 0 Å². The first-order chi connectivity index (χ1) is 9.84. The molecule has 2 rings (SSSR count). The minimum Gasteiger partial charge on any atom is -0.398 e. The van der Waals surface area contributed by atoms with Crippen molar-refractivity contribution in [3.63, 3.8) is 0 Å². The van der Waals surface area contributed by atoms with Crippen molar-refractivity contribution in [3.05, 3.63) is 24.3 Å². The molecule has 21 heavy (non-hydrogen) atoms. The second-order valence-electron chi connectivity index (χ2n) is 5.42. The molecule has 1 aliphatic heterocycles. The summed E-state index contributed by atoms with van der Waals surface area (Å²) in [6.45, 7) is 5.13. The van der Waals surface area contributed by atoms with Crippen molar-refractivity contribution in [1.29, 1.82) is 0 Å². The quantitative estimate of drug-likeness (QED) is 0.835. The molecular formula is C14H21N3O3S. The molecule has 0 unspecified atom stereocenters. The molecule has 0 radical (unpaired) electrons. The van der Waals surface area contributed by atoms with Crippen LogP contribution in [0.2, 0.25) is 0 Å². The Kier molecular flexibility index (Phi) is 4.53. The predicted molar refractivity (Wildman–Crippen MR) is 81.0 cm³/mol. The minimum absolute atomic E-state index is 0.0614. The maximum atomic E-state index is 12.6. The molecule has 1 fully saturated rings. The Balaban J connectivity index is 2.12. The number of hydrogen-bond donors (Lipinski definition) is 1. The second-order valence-corrected chi connectivity index (χ2v) is 7.33. The number of anilines is 1. The molecule has 0 aliphatic carbocycles. The van der Waals surface area contributed by atoms with Gasteiger partial charge in [0.05, 0.1) is 5.69 Å². The minimum atomic E-state index is -3.59. The summed E-state index contributed by atoms with van der Waals surface area (Å²) in [7, 11) is -3.59. The Morgan fingerprint density at radius 2 is 1.71 bits per heavy atom. The van der Waals surface area contributed by atoms with Crippen LogP contribution in [0.4, 0.5) is 5.69 Å². The SMILES string of the molecule is CC(C)C(=O)N1CCN(S(=O)(=O)c2ccccc2N)CC1. The van der Waals surface area contributed by atoms with Gasteiger partial charge in [-0.05, 0) is 12.1 Å². The fourth-order valence-electron chi connectivity index (χ4n) is 2.37. The number of sulfonamides is 1. The zero-order chi connectivity index (χ0) is 15.6. The van der Waals surface area contributed by atoms with E-state index < -0.39 is 10.0 Å². The Morgan fingerprint density at radius 3 is 2.24 bits per heavy atom. The fourth-order valence-corrected chi connectivity index (χ4v) is 3.91. The van der Waals surface area contributed by atoms with Crippen molar-refractivity contribution < 1.29 is 13.2 Å². The first-order valence-corrected chi connectivity index (χ1v) is 8.41. The third-order valence-electron chi connectivity index (χ3n) is 3.58. The van der Waals surface area contributed by atoms with Crippen LogP contribution in [0.15, 0.2) is 29.2 Å². The normalized spacial score (nSPS) is 17.2. The average molecular weight is 311 g/mol. The topological polar surface area (TPSA) is 83.7 Å². The maximum Gasteiger partial charge on any atom is 0.245 e. The number of carbonyl (C=O) groups is 1. The maximum absolute atomic E-state index is 12.6. The van der Waals surface area contributed by atoms with Gasteiger partial charge in [-0.15, -0.1) is 0 Å². The van der Waals surface area contributed by atoms with Crippen LogP contribution in [0.25, 0.3) is 0 Å². The van der Waals surface area contributed by atoms with Crippen LogP contribution >= 0.6 is 0 Å². The van der Waals surface area contributed by atoms with Crippen molar-refractivity contribution in [2.45, 2.75) is 18.7 Å². The third-order valence-corrected chi connectivity index (χ3v) is 5.55. The van der Waals surface area contributed by atoms with Gasteiger partial charge in [-0.3, -0.25) is 4.79 Å². The molecule has 0 aromatic heterocycles. The molecule has 0 spiro atoms. The molecule has 0 saturated carbocycles. The van der Waals surface area contributed by atoms with Crippen LogP contribution in [0.1, 0.15) is 13.8 Å². The van der Waals surface area contributed by atoms with Crippen molar-refractivity contribution >= 4 is 21.6 Å². The second kappa shape index (κ2) is 6.03. The molecule has 1 aromatic rings. The first kappa shape index (κ1) is 15.8. The molecule has 116 valence electrons. The highest BCUT2D eigenvalue weighted by Gasteiger charge is 2.31. The number of benzene rings is 1. The molecule has 6 nitrogen and oxygen atoms in total. The molecule has 0 atom stereocenters. The van der Waals surface area contributed by atoms with Gasteiger partial charge in [0, 0.05) is 32.1 Å². The van der Waals surface area contributed by atoms with Gasteiger partial charge in [0.25, 0.3) is 0 Å². The Bertz CT molecular complexity index is 620. The van der Waals surface area contributed by atoms with Gasteiger partial charge in [0.1, 0.15) is 4.90 Å². The van der Waals surface area contributed by atoms with Gasteiger partial charge >= 0.3 is 0 Å². The summed E-state index contributed by atoms with van der Waals surface area (Å²) in [5, 5.41) is 0. The van der Waals surface area contributed by atoms with Crippen LogP contribution in [-0.4, -0.2) is 49.7 Å². The van der Waals surface area contributed by atoms with Crippen LogP contribution < -0.4 is 5.73 Å². The molecule has 2 N–H and O–H groups in total. The van der Waals surface area contributed by atoms with E-state index in [2.05, 4.69) is 0 Å². The van der Waals surface area contributed by atoms with Gasteiger partial charge in [-0.25, -0.2) is 8.42 Å². The molecule has 1 aromatic carbocycles. The van der Waals surface area contributed by atoms with Crippen LogP contribution in [0.5, 0.6) is 0 Å². The molecule has 1 saturated heterocycles. The predicted octanol–water partition coefficient (Wildman–Crippen LogP) is 0.758. The summed E-state index contributed by atoms with van der Waals surface area (Å²) in [5.41, 5.74) is 6.01.